The molecule has 3 atom stereocenters. The van der Waals surface area contributed by atoms with Gasteiger partial charge >= 0.3 is 0 Å². The Hall–Kier alpha value is -1.07. The quantitative estimate of drug-likeness (QED) is 0.894. The summed E-state index contributed by atoms with van der Waals surface area (Å²) >= 11 is 6.10. The summed E-state index contributed by atoms with van der Waals surface area (Å²) in [5.41, 5.74) is 5.68. The van der Waals surface area contributed by atoms with Gasteiger partial charge in [-0.1, -0.05) is 25.4 Å². The number of piperidine rings is 1. The van der Waals surface area contributed by atoms with Crippen LogP contribution in [0.4, 0.5) is 11.6 Å². The van der Waals surface area contributed by atoms with E-state index in [1.165, 1.54) is 12.7 Å². The van der Waals surface area contributed by atoms with Crippen LogP contribution in [-0.2, 0) is 0 Å². The zero-order valence-corrected chi connectivity index (χ0v) is 13.2. The van der Waals surface area contributed by atoms with Crippen molar-refractivity contribution in [2.45, 2.75) is 33.2 Å². The molecule has 0 spiro atoms. The number of hydrogen-bond acceptors (Lipinski definition) is 5. The highest BCUT2D eigenvalue weighted by molar-refractivity contribution is 6.35. The molecule has 2 rings (SSSR count). The van der Waals surface area contributed by atoms with Crippen LogP contribution in [0.5, 0.6) is 0 Å². The van der Waals surface area contributed by atoms with Crippen LogP contribution in [-0.4, -0.2) is 40.5 Å². The van der Waals surface area contributed by atoms with Crippen molar-refractivity contribution >= 4 is 23.2 Å². The fourth-order valence-corrected chi connectivity index (χ4v) is 3.24. The lowest BCUT2D eigenvalue weighted by atomic mass is 9.92. The average Bonchev–Trinajstić information content (AvgIpc) is 2.33. The van der Waals surface area contributed by atoms with Gasteiger partial charge in [-0.2, -0.15) is 0 Å². The van der Waals surface area contributed by atoms with Crippen LogP contribution in [0.3, 0.4) is 0 Å². The first-order valence-electron chi connectivity index (χ1n) is 7.20. The van der Waals surface area contributed by atoms with Gasteiger partial charge in [0.25, 0.3) is 0 Å². The van der Waals surface area contributed by atoms with Crippen molar-refractivity contribution in [3.8, 4) is 0 Å². The van der Waals surface area contributed by atoms with E-state index < -0.39 is 0 Å². The summed E-state index contributed by atoms with van der Waals surface area (Å²) in [5, 5.41) is 3.73. The number of likely N-dealkylation sites (tertiary alicyclic amines) is 1. The van der Waals surface area contributed by atoms with E-state index in [0.717, 1.165) is 31.5 Å². The summed E-state index contributed by atoms with van der Waals surface area (Å²) in [6.07, 6.45) is 2.76. The zero-order chi connectivity index (χ0) is 14.7. The Morgan fingerprint density at radius 3 is 2.70 bits per heavy atom. The van der Waals surface area contributed by atoms with Crippen molar-refractivity contribution in [2.24, 2.45) is 11.8 Å². The molecule has 3 unspecified atom stereocenters. The van der Waals surface area contributed by atoms with Gasteiger partial charge in [-0.15, -0.1) is 0 Å². The van der Waals surface area contributed by atoms with E-state index in [2.05, 4.69) is 41.0 Å². The molecule has 1 aromatic heterocycles. The van der Waals surface area contributed by atoms with E-state index in [1.807, 2.05) is 0 Å². The minimum absolute atomic E-state index is 0.263. The van der Waals surface area contributed by atoms with Gasteiger partial charge in [0, 0.05) is 25.7 Å². The molecule has 2 heterocycles. The Balaban J connectivity index is 1.92. The van der Waals surface area contributed by atoms with Crippen LogP contribution in [0.1, 0.15) is 27.2 Å². The maximum absolute atomic E-state index is 6.10. The molecule has 1 aromatic rings. The lowest BCUT2D eigenvalue weighted by Gasteiger charge is -2.36. The van der Waals surface area contributed by atoms with Crippen molar-refractivity contribution in [3.05, 3.63) is 11.3 Å². The average molecular weight is 298 g/mol. The van der Waals surface area contributed by atoms with Gasteiger partial charge in [0.1, 0.15) is 17.2 Å². The lowest BCUT2D eigenvalue weighted by Crippen LogP contribution is -2.43. The summed E-state index contributed by atoms with van der Waals surface area (Å²) in [6.45, 7) is 10.1. The second-order valence-corrected chi connectivity index (χ2v) is 6.51. The number of anilines is 2. The predicted molar refractivity (Wildman–Crippen MR) is 83.9 cm³/mol. The van der Waals surface area contributed by atoms with Gasteiger partial charge in [-0.3, -0.25) is 0 Å². The van der Waals surface area contributed by atoms with Gasteiger partial charge < -0.3 is 16.0 Å². The van der Waals surface area contributed by atoms with E-state index in [0.29, 0.717) is 16.7 Å². The molecule has 0 saturated carbocycles. The molecule has 0 amide bonds. The van der Waals surface area contributed by atoms with E-state index in [1.54, 1.807) is 0 Å². The van der Waals surface area contributed by atoms with Gasteiger partial charge in [-0.05, 0) is 25.2 Å². The number of rotatable bonds is 4. The highest BCUT2D eigenvalue weighted by atomic mass is 35.5. The summed E-state index contributed by atoms with van der Waals surface area (Å²) in [4.78, 5) is 10.5. The minimum atomic E-state index is 0.263. The van der Waals surface area contributed by atoms with Gasteiger partial charge in [0.2, 0.25) is 0 Å². The smallest absolute Gasteiger partial charge is 0.150 e. The first-order chi connectivity index (χ1) is 9.45. The molecule has 5 nitrogen and oxygen atoms in total. The number of aromatic nitrogens is 2. The molecule has 1 fully saturated rings. The number of nitrogens with zero attached hydrogens (tertiary/aromatic N) is 3. The SMILES string of the molecule is CC1CC(C)CN(CC(C)Nc2ncnc(N)c2Cl)C1. The Kier molecular flexibility index (Phi) is 5.05. The maximum Gasteiger partial charge on any atom is 0.150 e. The summed E-state index contributed by atoms with van der Waals surface area (Å²) in [5.74, 6) is 2.47. The zero-order valence-electron chi connectivity index (χ0n) is 12.4. The Morgan fingerprint density at radius 1 is 1.40 bits per heavy atom. The normalized spacial score (nSPS) is 25.4. The number of nitrogens with one attached hydrogen (secondary N) is 1. The molecular weight excluding hydrogens is 274 g/mol. The molecule has 112 valence electrons. The van der Waals surface area contributed by atoms with Crippen molar-refractivity contribution in [1.82, 2.24) is 14.9 Å². The van der Waals surface area contributed by atoms with Crippen LogP contribution < -0.4 is 11.1 Å². The molecule has 1 aliphatic rings. The van der Waals surface area contributed by atoms with Crippen LogP contribution >= 0.6 is 11.6 Å². The molecule has 0 aliphatic carbocycles. The molecule has 6 heteroatoms. The molecule has 0 bridgehead atoms. The van der Waals surface area contributed by atoms with Crippen LogP contribution in [0.2, 0.25) is 5.02 Å². The third kappa shape index (κ3) is 3.96. The van der Waals surface area contributed by atoms with E-state index in [-0.39, 0.29) is 6.04 Å². The fourth-order valence-electron chi connectivity index (χ4n) is 3.09. The fraction of sp³-hybridized carbons (Fsp3) is 0.714. The van der Waals surface area contributed by atoms with Gasteiger partial charge in [0.05, 0.1) is 0 Å². The predicted octanol–water partition coefficient (Wildman–Crippen LogP) is 2.49. The molecule has 1 aliphatic heterocycles. The highest BCUT2D eigenvalue weighted by Gasteiger charge is 2.23. The Morgan fingerprint density at radius 2 is 2.05 bits per heavy atom. The summed E-state index contributed by atoms with van der Waals surface area (Å²) < 4.78 is 0. The number of nitrogen functional groups attached to an aromatic ring is 1. The van der Waals surface area contributed by atoms with Crippen LogP contribution in [0.15, 0.2) is 6.33 Å². The lowest BCUT2D eigenvalue weighted by molar-refractivity contribution is 0.138. The molecule has 1 saturated heterocycles. The second kappa shape index (κ2) is 6.59. The van der Waals surface area contributed by atoms with E-state index in [4.69, 9.17) is 17.3 Å². The monoisotopic (exact) mass is 297 g/mol. The van der Waals surface area contributed by atoms with Gasteiger partial charge in [-0.25, -0.2) is 9.97 Å². The van der Waals surface area contributed by atoms with Crippen molar-refractivity contribution in [3.63, 3.8) is 0 Å². The summed E-state index contributed by atoms with van der Waals surface area (Å²) in [6, 6.07) is 0.263. The first kappa shape index (κ1) is 15.3. The van der Waals surface area contributed by atoms with Gasteiger partial charge in [0.15, 0.2) is 5.82 Å². The first-order valence-corrected chi connectivity index (χ1v) is 7.58. The molecular formula is C14H24ClN5. The highest BCUT2D eigenvalue weighted by Crippen LogP contribution is 2.25. The maximum atomic E-state index is 6.10. The molecule has 0 aromatic carbocycles. The third-order valence-corrected chi connectivity index (χ3v) is 4.05. The number of nitrogens with two attached hydrogens (primary N) is 1. The topological polar surface area (TPSA) is 67.1 Å². The second-order valence-electron chi connectivity index (χ2n) is 6.13. The van der Waals surface area contributed by atoms with E-state index >= 15 is 0 Å². The molecule has 0 radical (unpaired) electrons. The summed E-state index contributed by atoms with van der Waals surface area (Å²) in [7, 11) is 0. The number of halogens is 1. The largest absolute Gasteiger partial charge is 0.382 e. The Labute approximate surface area is 125 Å². The van der Waals surface area contributed by atoms with Crippen molar-refractivity contribution in [1.29, 1.82) is 0 Å². The van der Waals surface area contributed by atoms with Crippen molar-refractivity contribution < 1.29 is 0 Å². The van der Waals surface area contributed by atoms with Crippen LogP contribution in [0, 0.1) is 11.8 Å². The van der Waals surface area contributed by atoms with Crippen LogP contribution in [0.25, 0.3) is 0 Å². The van der Waals surface area contributed by atoms with Crippen molar-refractivity contribution in [2.75, 3.05) is 30.7 Å². The standard InChI is InChI=1S/C14H24ClN5/c1-9-4-10(2)6-20(5-9)7-11(3)19-14-12(15)13(16)17-8-18-14/h8-11H,4-7H2,1-3H3,(H3,16,17,18,19). The Bertz CT molecular complexity index is 443. The van der Waals surface area contributed by atoms with E-state index in [9.17, 15) is 0 Å². The number of hydrogen-bond donors (Lipinski definition) is 2. The third-order valence-electron chi connectivity index (χ3n) is 3.68. The molecule has 3 N–H and O–H groups in total. The minimum Gasteiger partial charge on any atom is -0.382 e. The molecule has 20 heavy (non-hydrogen) atoms.